The van der Waals surface area contributed by atoms with E-state index >= 15 is 0 Å². The molecule has 1 aromatic carbocycles. The van der Waals surface area contributed by atoms with Crippen LogP contribution in [0, 0.1) is 5.82 Å². The lowest BCUT2D eigenvalue weighted by Gasteiger charge is -2.19. The Morgan fingerprint density at radius 1 is 1.22 bits per heavy atom. The van der Waals surface area contributed by atoms with Crippen molar-refractivity contribution in [1.82, 2.24) is 4.98 Å². The maximum atomic E-state index is 13.2. The number of hydrogen-bond acceptors (Lipinski definition) is 3. The molecular weight excluding hydrogens is 229 g/mol. The third-order valence-corrected chi connectivity index (χ3v) is 2.82. The molecule has 0 radical (unpaired) electrons. The second-order valence-corrected chi connectivity index (χ2v) is 4.27. The minimum Gasteiger partial charge on any atom is -0.343 e. The molecule has 3 nitrogen and oxygen atoms in total. The lowest BCUT2D eigenvalue weighted by atomic mass is 10.2. The highest BCUT2D eigenvalue weighted by Gasteiger charge is 2.06. The Kier molecular flexibility index (Phi) is 3.58. The number of halogens is 1. The molecule has 1 unspecified atom stereocenters. The van der Waals surface area contributed by atoms with E-state index in [0.717, 1.165) is 17.1 Å². The lowest BCUT2D eigenvalue weighted by molar-refractivity contribution is 0.628. The van der Waals surface area contributed by atoms with E-state index in [1.165, 1.54) is 12.1 Å². The van der Waals surface area contributed by atoms with Gasteiger partial charge in [0, 0.05) is 18.8 Å². The summed E-state index contributed by atoms with van der Waals surface area (Å²) >= 11 is 0. The standard InChI is InChI=1S/C14H16FN3/c1-10(16)14-7-6-13(9-17-14)18(2)12-5-3-4-11(15)8-12/h3-10H,16H2,1-2H3. The van der Waals surface area contributed by atoms with Crippen molar-refractivity contribution in [1.29, 1.82) is 0 Å². The van der Waals surface area contributed by atoms with Crippen molar-refractivity contribution < 1.29 is 4.39 Å². The average molecular weight is 245 g/mol. The van der Waals surface area contributed by atoms with Crippen LogP contribution in [0.1, 0.15) is 18.7 Å². The van der Waals surface area contributed by atoms with Gasteiger partial charge in [-0.2, -0.15) is 0 Å². The molecule has 2 N–H and O–H groups in total. The van der Waals surface area contributed by atoms with Crippen molar-refractivity contribution in [3.8, 4) is 0 Å². The molecule has 18 heavy (non-hydrogen) atoms. The Labute approximate surface area is 106 Å². The molecule has 0 bridgehead atoms. The molecule has 4 heteroatoms. The zero-order valence-electron chi connectivity index (χ0n) is 10.5. The fourth-order valence-electron chi connectivity index (χ4n) is 1.70. The number of aromatic nitrogens is 1. The highest BCUT2D eigenvalue weighted by atomic mass is 19.1. The van der Waals surface area contributed by atoms with Gasteiger partial charge < -0.3 is 10.6 Å². The zero-order chi connectivity index (χ0) is 13.1. The Bertz CT molecular complexity index is 523. The van der Waals surface area contributed by atoms with E-state index in [1.54, 1.807) is 12.3 Å². The summed E-state index contributed by atoms with van der Waals surface area (Å²) in [5.41, 5.74) is 8.26. The van der Waals surface area contributed by atoms with Crippen molar-refractivity contribution in [3.63, 3.8) is 0 Å². The van der Waals surface area contributed by atoms with Crippen LogP contribution >= 0.6 is 0 Å². The van der Waals surface area contributed by atoms with Gasteiger partial charge in [0.2, 0.25) is 0 Å². The third kappa shape index (κ3) is 2.65. The van der Waals surface area contributed by atoms with Gasteiger partial charge in [0.1, 0.15) is 5.82 Å². The summed E-state index contributed by atoms with van der Waals surface area (Å²) in [7, 11) is 1.87. The zero-order valence-corrected chi connectivity index (χ0v) is 10.5. The van der Waals surface area contributed by atoms with Gasteiger partial charge >= 0.3 is 0 Å². The van der Waals surface area contributed by atoms with Crippen molar-refractivity contribution in [2.24, 2.45) is 5.73 Å². The molecule has 0 saturated carbocycles. The summed E-state index contributed by atoms with van der Waals surface area (Å²) in [5.74, 6) is -0.250. The van der Waals surface area contributed by atoms with Crippen LogP contribution in [-0.4, -0.2) is 12.0 Å². The van der Waals surface area contributed by atoms with Crippen LogP contribution in [-0.2, 0) is 0 Å². The molecule has 1 heterocycles. The second kappa shape index (κ2) is 5.14. The first-order valence-electron chi connectivity index (χ1n) is 5.79. The Balaban J connectivity index is 2.26. The summed E-state index contributed by atoms with van der Waals surface area (Å²) in [6, 6.07) is 10.2. The minimum absolute atomic E-state index is 0.0847. The van der Waals surface area contributed by atoms with Crippen molar-refractivity contribution >= 4 is 11.4 Å². The first-order valence-corrected chi connectivity index (χ1v) is 5.79. The van der Waals surface area contributed by atoms with E-state index in [2.05, 4.69) is 4.98 Å². The van der Waals surface area contributed by atoms with E-state index in [4.69, 9.17) is 5.73 Å². The van der Waals surface area contributed by atoms with E-state index in [9.17, 15) is 4.39 Å². The molecular formula is C14H16FN3. The van der Waals surface area contributed by atoms with Gasteiger partial charge in [-0.3, -0.25) is 4.98 Å². The number of rotatable bonds is 3. The normalized spacial score (nSPS) is 12.2. The number of benzene rings is 1. The lowest BCUT2D eigenvalue weighted by Crippen LogP contribution is -2.12. The molecule has 0 aliphatic heterocycles. The summed E-state index contributed by atoms with van der Waals surface area (Å²) in [6.45, 7) is 1.89. The van der Waals surface area contributed by atoms with Crippen molar-refractivity contribution in [2.45, 2.75) is 13.0 Å². The monoisotopic (exact) mass is 245 g/mol. The highest BCUT2D eigenvalue weighted by Crippen LogP contribution is 2.23. The van der Waals surface area contributed by atoms with Gasteiger partial charge in [-0.1, -0.05) is 6.07 Å². The maximum Gasteiger partial charge on any atom is 0.125 e. The molecule has 0 fully saturated rings. The van der Waals surface area contributed by atoms with E-state index in [0.29, 0.717) is 0 Å². The molecule has 0 saturated heterocycles. The summed E-state index contributed by atoms with van der Waals surface area (Å²) in [5, 5.41) is 0. The number of hydrogen-bond donors (Lipinski definition) is 1. The maximum absolute atomic E-state index is 13.2. The SMILES string of the molecule is CC(N)c1ccc(N(C)c2cccc(F)c2)cn1. The quantitative estimate of drug-likeness (QED) is 0.903. The molecule has 0 amide bonds. The average Bonchev–Trinajstić information content (AvgIpc) is 2.38. The van der Waals surface area contributed by atoms with Crippen LogP contribution in [0.3, 0.4) is 0 Å². The number of nitrogens with zero attached hydrogens (tertiary/aromatic N) is 2. The number of pyridine rings is 1. The van der Waals surface area contributed by atoms with Gasteiger partial charge in [-0.15, -0.1) is 0 Å². The van der Waals surface area contributed by atoms with E-state index in [-0.39, 0.29) is 11.9 Å². The second-order valence-electron chi connectivity index (χ2n) is 4.27. The molecule has 2 rings (SSSR count). The molecule has 1 atom stereocenters. The molecule has 0 aliphatic carbocycles. The van der Waals surface area contributed by atoms with Crippen LogP contribution < -0.4 is 10.6 Å². The molecule has 0 aliphatic rings. The Hall–Kier alpha value is -1.94. The van der Waals surface area contributed by atoms with Gasteiger partial charge in [0.05, 0.1) is 17.6 Å². The van der Waals surface area contributed by atoms with Gasteiger partial charge in [-0.25, -0.2) is 4.39 Å². The molecule has 2 aromatic rings. The fraction of sp³-hybridized carbons (Fsp3) is 0.214. The van der Waals surface area contributed by atoms with Crippen LogP contribution in [0.15, 0.2) is 42.6 Å². The summed E-state index contributed by atoms with van der Waals surface area (Å²) in [6.07, 6.45) is 1.74. The topological polar surface area (TPSA) is 42.1 Å². The molecule has 1 aromatic heterocycles. The molecule has 0 spiro atoms. The third-order valence-electron chi connectivity index (χ3n) is 2.82. The van der Waals surface area contributed by atoms with Crippen molar-refractivity contribution in [3.05, 3.63) is 54.1 Å². The fourth-order valence-corrected chi connectivity index (χ4v) is 1.70. The van der Waals surface area contributed by atoms with Gasteiger partial charge in [0.25, 0.3) is 0 Å². The highest BCUT2D eigenvalue weighted by molar-refractivity contribution is 5.61. The first kappa shape index (κ1) is 12.5. The Morgan fingerprint density at radius 3 is 2.56 bits per heavy atom. The smallest absolute Gasteiger partial charge is 0.125 e. The summed E-state index contributed by atoms with van der Waals surface area (Å²) < 4.78 is 13.2. The largest absolute Gasteiger partial charge is 0.343 e. The number of anilines is 2. The first-order chi connectivity index (χ1) is 8.58. The predicted molar refractivity (Wildman–Crippen MR) is 71.3 cm³/mol. The summed E-state index contributed by atoms with van der Waals surface area (Å²) in [4.78, 5) is 6.16. The van der Waals surface area contributed by atoms with Gasteiger partial charge in [-0.05, 0) is 37.3 Å². The van der Waals surface area contributed by atoms with Gasteiger partial charge in [0.15, 0.2) is 0 Å². The van der Waals surface area contributed by atoms with Crippen molar-refractivity contribution in [2.75, 3.05) is 11.9 Å². The Morgan fingerprint density at radius 2 is 2.00 bits per heavy atom. The molecule has 94 valence electrons. The predicted octanol–water partition coefficient (Wildman–Crippen LogP) is 3.01. The number of nitrogens with two attached hydrogens (primary N) is 1. The van der Waals surface area contributed by atoms with E-state index in [1.807, 2.05) is 37.1 Å². The van der Waals surface area contributed by atoms with E-state index < -0.39 is 0 Å². The van der Waals surface area contributed by atoms with Crippen LogP contribution in [0.25, 0.3) is 0 Å². The van der Waals surface area contributed by atoms with Crippen LogP contribution in [0.5, 0.6) is 0 Å². The van der Waals surface area contributed by atoms with Crippen LogP contribution in [0.2, 0.25) is 0 Å². The minimum atomic E-state index is -0.250. The van der Waals surface area contributed by atoms with Crippen LogP contribution in [0.4, 0.5) is 15.8 Å².